The summed E-state index contributed by atoms with van der Waals surface area (Å²) in [7, 11) is 1.84. The lowest BCUT2D eigenvalue weighted by atomic mass is 10.0. The van der Waals surface area contributed by atoms with Gasteiger partial charge in [-0.1, -0.05) is 24.3 Å². The van der Waals surface area contributed by atoms with Crippen molar-refractivity contribution >= 4 is 22.9 Å². The average molecular weight is 443 g/mol. The summed E-state index contributed by atoms with van der Waals surface area (Å²) in [4.78, 5) is 24.5. The van der Waals surface area contributed by atoms with E-state index in [9.17, 15) is 18.0 Å². The molecule has 1 unspecified atom stereocenters. The number of benzene rings is 1. The molecule has 0 saturated heterocycles. The van der Waals surface area contributed by atoms with E-state index >= 15 is 0 Å². The van der Waals surface area contributed by atoms with E-state index in [0.717, 1.165) is 11.6 Å². The number of carbonyl (C=O) groups excluding carboxylic acids is 1. The quantitative estimate of drug-likeness (QED) is 0.622. The molecular weight excluding hydrogens is 419 g/mol. The second kappa shape index (κ2) is 9.76. The molecule has 1 N–H and O–H groups in total. The van der Waals surface area contributed by atoms with Crippen molar-refractivity contribution in [2.75, 3.05) is 6.54 Å². The van der Waals surface area contributed by atoms with Crippen molar-refractivity contribution in [3.05, 3.63) is 70.5 Å². The van der Waals surface area contributed by atoms with Crippen molar-refractivity contribution in [1.82, 2.24) is 19.9 Å². The fourth-order valence-corrected chi connectivity index (χ4v) is 3.26. The van der Waals surface area contributed by atoms with Crippen LogP contribution in [0.15, 0.2) is 41.5 Å². The first-order valence-electron chi connectivity index (χ1n) is 10.0. The molecule has 6 nitrogen and oxygen atoms in total. The predicted molar refractivity (Wildman–Crippen MR) is 116 cm³/mol. The van der Waals surface area contributed by atoms with Gasteiger partial charge in [0.15, 0.2) is 5.49 Å². The Labute approximate surface area is 183 Å². The summed E-state index contributed by atoms with van der Waals surface area (Å²) in [5.41, 5.74) is 1.19. The molecular formula is C23H24F3N5O. The van der Waals surface area contributed by atoms with Crippen LogP contribution in [-0.4, -0.2) is 27.0 Å². The first kappa shape index (κ1) is 23.2. The van der Waals surface area contributed by atoms with Crippen molar-refractivity contribution in [3.8, 4) is 0 Å². The number of carbonyl (C=O) groups is 1. The van der Waals surface area contributed by atoms with Crippen molar-refractivity contribution in [2.45, 2.75) is 33.2 Å². The van der Waals surface area contributed by atoms with E-state index in [1.807, 2.05) is 18.5 Å². The second-order valence-corrected chi connectivity index (χ2v) is 7.36. The second-order valence-electron chi connectivity index (χ2n) is 7.36. The van der Waals surface area contributed by atoms with Crippen LogP contribution in [0.3, 0.4) is 0 Å². The molecule has 0 fully saturated rings. The normalized spacial score (nSPS) is 13.3. The highest BCUT2D eigenvalue weighted by molar-refractivity contribution is 5.79. The molecule has 0 aliphatic carbocycles. The van der Waals surface area contributed by atoms with Gasteiger partial charge in [0.05, 0.1) is 29.0 Å². The highest BCUT2D eigenvalue weighted by atomic mass is 19.3. The molecule has 0 bridgehead atoms. The van der Waals surface area contributed by atoms with Crippen LogP contribution in [0.25, 0.3) is 17.0 Å². The summed E-state index contributed by atoms with van der Waals surface area (Å²) >= 11 is 0. The van der Waals surface area contributed by atoms with E-state index in [-0.39, 0.29) is 11.5 Å². The van der Waals surface area contributed by atoms with Gasteiger partial charge in [0.1, 0.15) is 11.6 Å². The van der Waals surface area contributed by atoms with Gasteiger partial charge in [-0.2, -0.15) is 0 Å². The summed E-state index contributed by atoms with van der Waals surface area (Å²) in [5, 5.41) is 3.35. The Morgan fingerprint density at radius 1 is 1.31 bits per heavy atom. The molecule has 0 radical (unpaired) electrons. The van der Waals surface area contributed by atoms with Crippen LogP contribution in [0.4, 0.5) is 13.2 Å². The summed E-state index contributed by atoms with van der Waals surface area (Å²) in [6.07, 6.45) is 2.30. The van der Waals surface area contributed by atoms with E-state index in [1.54, 1.807) is 31.3 Å². The Morgan fingerprint density at radius 2 is 2.03 bits per heavy atom. The number of hydrogen-bond acceptors (Lipinski definition) is 4. The number of halogens is 3. The maximum atomic E-state index is 14.6. The van der Waals surface area contributed by atoms with Crippen molar-refractivity contribution in [3.63, 3.8) is 0 Å². The van der Waals surface area contributed by atoms with Gasteiger partial charge in [0, 0.05) is 31.5 Å². The SMILES string of the molecule is CC(=O)NC/C=C/c1cc2/c(=N/C(C)c3cccc(C(F)F)c3F)nc(C)n(C)c2cn1. The average Bonchev–Trinajstić information content (AvgIpc) is 2.74. The number of aromatic nitrogens is 3. The molecule has 2 heterocycles. The minimum Gasteiger partial charge on any atom is -0.353 e. The number of hydrogen-bond donors (Lipinski definition) is 1. The molecule has 0 aliphatic rings. The third kappa shape index (κ3) is 5.04. The Balaban J connectivity index is 2.09. The third-order valence-electron chi connectivity index (χ3n) is 5.08. The van der Waals surface area contributed by atoms with Crippen LogP contribution in [-0.2, 0) is 11.8 Å². The molecule has 1 amide bonds. The number of rotatable bonds is 6. The highest BCUT2D eigenvalue weighted by Gasteiger charge is 2.19. The molecule has 1 atom stereocenters. The van der Waals surface area contributed by atoms with Crippen molar-refractivity contribution < 1.29 is 18.0 Å². The van der Waals surface area contributed by atoms with E-state index in [2.05, 4.69) is 20.3 Å². The number of aryl methyl sites for hydroxylation is 2. The van der Waals surface area contributed by atoms with Crippen LogP contribution >= 0.6 is 0 Å². The number of pyridine rings is 1. The van der Waals surface area contributed by atoms with Gasteiger partial charge < -0.3 is 9.88 Å². The summed E-state index contributed by atoms with van der Waals surface area (Å²) < 4.78 is 42.7. The standard InChI is InChI=1S/C23H24F3N5O/c1-13(17-8-5-9-18(21(17)24)22(25)26)29-23-19-11-16(7-6-10-27-15(3)32)28-12-20(19)31(4)14(2)30-23/h5-9,11-13,22H,10H2,1-4H3,(H,27,32)/b7-6+,29-23-. The molecule has 0 aliphatic heterocycles. The summed E-state index contributed by atoms with van der Waals surface area (Å²) in [6.45, 7) is 5.25. The molecule has 0 saturated carbocycles. The Kier molecular flexibility index (Phi) is 7.07. The first-order chi connectivity index (χ1) is 15.2. The van der Waals surface area contributed by atoms with Gasteiger partial charge >= 0.3 is 0 Å². The lowest BCUT2D eigenvalue weighted by molar-refractivity contribution is -0.118. The van der Waals surface area contributed by atoms with Gasteiger partial charge in [-0.3, -0.25) is 14.8 Å². The molecule has 168 valence electrons. The zero-order valence-electron chi connectivity index (χ0n) is 18.2. The van der Waals surface area contributed by atoms with Crippen molar-refractivity contribution in [2.24, 2.45) is 12.0 Å². The van der Waals surface area contributed by atoms with Crippen LogP contribution in [0, 0.1) is 12.7 Å². The maximum absolute atomic E-state index is 14.6. The lowest BCUT2D eigenvalue weighted by Crippen LogP contribution is -2.19. The van der Waals surface area contributed by atoms with Crippen LogP contribution in [0.2, 0.25) is 0 Å². The third-order valence-corrected chi connectivity index (χ3v) is 5.08. The first-order valence-corrected chi connectivity index (χ1v) is 10.0. The Hall–Kier alpha value is -3.49. The Bertz CT molecular complexity index is 1250. The minimum atomic E-state index is -2.91. The van der Waals surface area contributed by atoms with E-state index in [0.29, 0.717) is 28.9 Å². The number of fused-ring (bicyclic) bond motifs is 1. The van der Waals surface area contributed by atoms with Crippen LogP contribution < -0.4 is 10.8 Å². The van der Waals surface area contributed by atoms with Crippen LogP contribution in [0.5, 0.6) is 0 Å². The van der Waals surface area contributed by atoms with Gasteiger partial charge in [-0.25, -0.2) is 18.2 Å². The maximum Gasteiger partial charge on any atom is 0.266 e. The predicted octanol–water partition coefficient (Wildman–Crippen LogP) is 4.16. The molecule has 3 rings (SSSR count). The summed E-state index contributed by atoms with van der Waals surface area (Å²) in [6, 6.07) is 4.98. The molecule has 32 heavy (non-hydrogen) atoms. The number of nitrogens with one attached hydrogen (secondary N) is 1. The smallest absolute Gasteiger partial charge is 0.266 e. The van der Waals surface area contributed by atoms with E-state index in [4.69, 9.17) is 0 Å². The molecule has 9 heteroatoms. The van der Waals surface area contributed by atoms with E-state index < -0.39 is 23.8 Å². The molecule has 3 aromatic rings. The van der Waals surface area contributed by atoms with Gasteiger partial charge in [0.25, 0.3) is 6.43 Å². The van der Waals surface area contributed by atoms with Gasteiger partial charge in [-0.05, 0) is 26.0 Å². The van der Waals surface area contributed by atoms with Gasteiger partial charge in [-0.15, -0.1) is 0 Å². The monoisotopic (exact) mass is 443 g/mol. The fraction of sp³-hybridized carbons (Fsp3) is 0.304. The van der Waals surface area contributed by atoms with E-state index in [1.165, 1.54) is 19.1 Å². The molecule has 2 aromatic heterocycles. The zero-order valence-corrected chi connectivity index (χ0v) is 18.2. The molecule has 0 spiro atoms. The van der Waals surface area contributed by atoms with Crippen LogP contribution in [0.1, 0.15) is 49.0 Å². The van der Waals surface area contributed by atoms with Crippen molar-refractivity contribution in [1.29, 1.82) is 0 Å². The number of nitrogens with zero attached hydrogens (tertiary/aromatic N) is 4. The fourth-order valence-electron chi connectivity index (χ4n) is 3.26. The number of amides is 1. The zero-order chi connectivity index (χ0) is 23.4. The Morgan fingerprint density at radius 3 is 2.72 bits per heavy atom. The topological polar surface area (TPSA) is 72.2 Å². The largest absolute Gasteiger partial charge is 0.353 e. The lowest BCUT2D eigenvalue weighted by Gasteiger charge is -2.13. The summed E-state index contributed by atoms with van der Waals surface area (Å²) in [5.74, 6) is -0.420. The minimum absolute atomic E-state index is 0.0770. The van der Waals surface area contributed by atoms with Gasteiger partial charge in [0.2, 0.25) is 5.91 Å². The number of alkyl halides is 2. The molecule has 1 aromatic carbocycles. The highest BCUT2D eigenvalue weighted by Crippen LogP contribution is 2.28.